The van der Waals surface area contributed by atoms with Crippen molar-refractivity contribution >= 4 is 45.3 Å². The van der Waals surface area contributed by atoms with E-state index in [0.29, 0.717) is 18.6 Å². The number of ether oxygens (including phenoxy) is 1. The summed E-state index contributed by atoms with van der Waals surface area (Å²) in [7, 11) is -4.15. The number of hydrogen-bond acceptors (Lipinski definition) is 6. The van der Waals surface area contributed by atoms with Gasteiger partial charge < -0.3 is 9.84 Å². The molecule has 3 aromatic rings. The molecule has 3 rings (SSSR count). The predicted octanol–water partition coefficient (Wildman–Crippen LogP) is 4.48. The average molecular weight is 550 g/mol. The minimum absolute atomic E-state index is 0.0000253. The molecule has 1 amide bonds. The molecule has 0 bridgehead atoms. The number of sulfonamides is 1. The van der Waals surface area contributed by atoms with Crippen LogP contribution >= 0.6 is 23.2 Å². The van der Waals surface area contributed by atoms with Crippen LogP contribution in [0.5, 0.6) is 11.5 Å². The third-order valence-corrected chi connectivity index (χ3v) is 7.57. The van der Waals surface area contributed by atoms with Crippen molar-refractivity contribution in [2.24, 2.45) is 5.10 Å². The second-order valence-corrected chi connectivity index (χ2v) is 10.4. The Morgan fingerprint density at radius 3 is 2.58 bits per heavy atom. The number of nitrogens with one attached hydrogen (secondary N) is 1. The second kappa shape index (κ2) is 12.7. The lowest BCUT2D eigenvalue weighted by atomic mass is 10.1. The van der Waals surface area contributed by atoms with Gasteiger partial charge in [0.25, 0.3) is 5.91 Å². The fraction of sp³-hybridized carbons (Fsp3) is 0.200. The highest BCUT2D eigenvalue weighted by Gasteiger charge is 2.29. The van der Waals surface area contributed by atoms with Crippen LogP contribution in [0.4, 0.5) is 0 Å². The number of rotatable bonds is 11. The van der Waals surface area contributed by atoms with Gasteiger partial charge in [0.15, 0.2) is 11.5 Å². The van der Waals surface area contributed by atoms with Gasteiger partial charge in [0.05, 0.1) is 24.4 Å². The van der Waals surface area contributed by atoms with Crippen LogP contribution in [-0.2, 0) is 21.2 Å². The Hall–Kier alpha value is -3.11. The molecule has 0 aliphatic rings. The molecule has 0 unspecified atom stereocenters. The van der Waals surface area contributed by atoms with Gasteiger partial charge in [-0.1, -0.05) is 53.5 Å². The van der Waals surface area contributed by atoms with Crippen LogP contribution in [0.15, 0.2) is 76.7 Å². The van der Waals surface area contributed by atoms with Gasteiger partial charge in [0.2, 0.25) is 10.0 Å². The number of aromatic hydroxyl groups is 1. The molecule has 0 radical (unpaired) electrons. The number of benzene rings is 3. The van der Waals surface area contributed by atoms with Crippen molar-refractivity contribution in [3.63, 3.8) is 0 Å². The van der Waals surface area contributed by atoms with Crippen LogP contribution in [0.2, 0.25) is 10.0 Å². The number of phenols is 1. The molecule has 0 aliphatic heterocycles. The first kappa shape index (κ1) is 27.5. The summed E-state index contributed by atoms with van der Waals surface area (Å²) < 4.78 is 33.2. The summed E-state index contributed by atoms with van der Waals surface area (Å²) in [4.78, 5) is 12.5. The highest BCUT2D eigenvalue weighted by molar-refractivity contribution is 7.89. The molecule has 0 aromatic heterocycles. The maximum Gasteiger partial charge on any atom is 0.255 e. The summed E-state index contributed by atoms with van der Waals surface area (Å²) in [5.41, 5.74) is 3.81. The Bertz CT molecular complexity index is 1330. The second-order valence-electron chi connectivity index (χ2n) is 7.60. The van der Waals surface area contributed by atoms with Gasteiger partial charge in [-0.25, -0.2) is 13.8 Å². The van der Waals surface area contributed by atoms with E-state index in [9.17, 15) is 18.3 Å². The number of amides is 1. The van der Waals surface area contributed by atoms with Crippen molar-refractivity contribution in [1.29, 1.82) is 0 Å². The fourth-order valence-electron chi connectivity index (χ4n) is 3.25. The van der Waals surface area contributed by atoms with E-state index in [1.165, 1.54) is 30.5 Å². The molecular weight excluding hydrogens is 525 g/mol. The molecule has 0 spiro atoms. The standard InChI is InChI=1S/C25H25Cl2N3O5S/c1-2-35-23-14-19(8-11-22(23)31)16-28-29-25(32)17-30(13-12-18-6-4-3-5-7-18)36(33,34)24-15-20(26)9-10-21(24)27/h3-11,14-16,31H,2,12-13,17H2,1H3,(H,29,32)/b28-16-. The average Bonchev–Trinajstić information content (AvgIpc) is 2.85. The van der Waals surface area contributed by atoms with E-state index in [2.05, 4.69) is 10.5 Å². The molecule has 3 aromatic carbocycles. The normalized spacial score (nSPS) is 11.7. The van der Waals surface area contributed by atoms with E-state index in [1.807, 2.05) is 30.3 Å². The van der Waals surface area contributed by atoms with Crippen molar-refractivity contribution in [2.75, 3.05) is 19.7 Å². The molecule has 0 saturated carbocycles. The van der Waals surface area contributed by atoms with Crippen molar-refractivity contribution in [1.82, 2.24) is 9.73 Å². The van der Waals surface area contributed by atoms with Crippen LogP contribution in [0.1, 0.15) is 18.1 Å². The molecule has 11 heteroatoms. The lowest BCUT2D eigenvalue weighted by Gasteiger charge is -2.22. The van der Waals surface area contributed by atoms with Gasteiger partial charge in [-0.2, -0.15) is 9.41 Å². The van der Waals surface area contributed by atoms with Gasteiger partial charge in [-0.15, -0.1) is 0 Å². The van der Waals surface area contributed by atoms with Gasteiger partial charge in [-0.3, -0.25) is 4.79 Å². The Morgan fingerprint density at radius 1 is 1.11 bits per heavy atom. The molecule has 0 atom stereocenters. The highest BCUT2D eigenvalue weighted by atomic mass is 35.5. The van der Waals surface area contributed by atoms with Gasteiger partial charge in [0.1, 0.15) is 4.90 Å². The van der Waals surface area contributed by atoms with Crippen LogP contribution in [0.3, 0.4) is 0 Å². The van der Waals surface area contributed by atoms with E-state index in [4.69, 9.17) is 27.9 Å². The van der Waals surface area contributed by atoms with E-state index in [1.54, 1.807) is 19.1 Å². The first-order chi connectivity index (χ1) is 17.2. The van der Waals surface area contributed by atoms with Crippen molar-refractivity contribution in [3.8, 4) is 11.5 Å². The summed E-state index contributed by atoms with van der Waals surface area (Å²) in [6.07, 6.45) is 1.74. The van der Waals surface area contributed by atoms with Gasteiger partial charge in [-0.05, 0) is 60.9 Å². The summed E-state index contributed by atoms with van der Waals surface area (Å²) in [6.45, 7) is 1.69. The van der Waals surface area contributed by atoms with Crippen LogP contribution in [0.25, 0.3) is 0 Å². The van der Waals surface area contributed by atoms with Gasteiger partial charge in [0, 0.05) is 11.6 Å². The number of carbonyl (C=O) groups excluding carboxylic acids is 1. The molecule has 8 nitrogen and oxygen atoms in total. The molecule has 2 N–H and O–H groups in total. The number of hydrogen-bond donors (Lipinski definition) is 2. The SMILES string of the molecule is CCOc1cc(/C=N\NC(=O)CN(CCc2ccccc2)S(=O)(=O)c2cc(Cl)ccc2Cl)ccc1O. The summed E-state index contributed by atoms with van der Waals surface area (Å²) in [5, 5.41) is 13.9. The zero-order valence-corrected chi connectivity index (χ0v) is 21.7. The number of carbonyl (C=O) groups is 1. The maximum absolute atomic E-state index is 13.4. The van der Waals surface area contributed by atoms with Crippen LogP contribution < -0.4 is 10.2 Å². The molecule has 0 fully saturated rings. The highest BCUT2D eigenvalue weighted by Crippen LogP contribution is 2.28. The maximum atomic E-state index is 13.4. The zero-order chi connectivity index (χ0) is 26.1. The number of nitrogens with zero attached hydrogens (tertiary/aromatic N) is 2. The number of hydrazone groups is 1. The number of halogens is 2. The summed E-state index contributed by atoms with van der Waals surface area (Å²) >= 11 is 12.2. The van der Waals surface area contributed by atoms with E-state index >= 15 is 0 Å². The van der Waals surface area contributed by atoms with E-state index in [-0.39, 0.29) is 33.0 Å². The minimum Gasteiger partial charge on any atom is -0.504 e. The van der Waals surface area contributed by atoms with Crippen molar-refractivity contribution < 1.29 is 23.1 Å². The zero-order valence-electron chi connectivity index (χ0n) is 19.4. The van der Waals surface area contributed by atoms with Crippen LogP contribution in [-0.4, -0.2) is 49.6 Å². The lowest BCUT2D eigenvalue weighted by molar-refractivity contribution is -0.121. The Balaban J connectivity index is 1.77. The molecule has 0 saturated heterocycles. The Kier molecular flexibility index (Phi) is 9.72. The topological polar surface area (TPSA) is 108 Å². The molecule has 36 heavy (non-hydrogen) atoms. The molecular formula is C25H25Cl2N3O5S. The molecule has 0 heterocycles. The predicted molar refractivity (Wildman–Crippen MR) is 140 cm³/mol. The first-order valence-electron chi connectivity index (χ1n) is 11.0. The smallest absolute Gasteiger partial charge is 0.255 e. The lowest BCUT2D eigenvalue weighted by Crippen LogP contribution is -2.40. The van der Waals surface area contributed by atoms with E-state index < -0.39 is 22.5 Å². The first-order valence-corrected chi connectivity index (χ1v) is 13.2. The van der Waals surface area contributed by atoms with E-state index in [0.717, 1.165) is 9.87 Å². The Morgan fingerprint density at radius 2 is 1.86 bits per heavy atom. The third kappa shape index (κ3) is 7.44. The largest absolute Gasteiger partial charge is 0.504 e. The fourth-order valence-corrected chi connectivity index (χ4v) is 5.39. The quantitative estimate of drug-likeness (QED) is 0.270. The van der Waals surface area contributed by atoms with Gasteiger partial charge >= 0.3 is 0 Å². The minimum atomic E-state index is -4.15. The third-order valence-electron chi connectivity index (χ3n) is 5.01. The number of phenolic OH excluding ortho intramolecular Hbond substituents is 1. The van der Waals surface area contributed by atoms with Crippen LogP contribution in [0, 0.1) is 0 Å². The van der Waals surface area contributed by atoms with Crippen molar-refractivity contribution in [2.45, 2.75) is 18.2 Å². The molecule has 0 aliphatic carbocycles. The summed E-state index contributed by atoms with van der Waals surface area (Å²) in [5.74, 6) is -0.383. The van der Waals surface area contributed by atoms with Crippen molar-refractivity contribution in [3.05, 3.63) is 87.9 Å². The molecule has 190 valence electrons. The monoisotopic (exact) mass is 549 g/mol. The summed E-state index contributed by atoms with van der Waals surface area (Å²) in [6, 6.07) is 18.0. The Labute approximate surface area is 220 Å².